The Morgan fingerprint density at radius 2 is 1.55 bits per heavy atom. The van der Waals surface area contributed by atoms with Crippen LogP contribution in [0.1, 0.15) is 70.3 Å². The van der Waals surface area contributed by atoms with Crippen molar-refractivity contribution in [2.24, 2.45) is 5.92 Å². The fourth-order valence-electron chi connectivity index (χ4n) is 2.92. The molecule has 0 aliphatic carbocycles. The van der Waals surface area contributed by atoms with Crippen LogP contribution in [0.15, 0.2) is 30.3 Å². The minimum absolute atomic E-state index is 0.0792. The van der Waals surface area contributed by atoms with E-state index >= 15 is 0 Å². The van der Waals surface area contributed by atoms with Crippen molar-refractivity contribution >= 4 is 46.7 Å². The zero-order valence-corrected chi connectivity index (χ0v) is 19.3. The minimum atomic E-state index is -1.67. The van der Waals surface area contributed by atoms with Crippen molar-refractivity contribution < 1.29 is 19.1 Å². The van der Waals surface area contributed by atoms with E-state index in [0.717, 1.165) is 24.8 Å². The van der Waals surface area contributed by atoms with Gasteiger partial charge in [0.1, 0.15) is 13.2 Å². The van der Waals surface area contributed by atoms with Crippen LogP contribution < -0.4 is 0 Å². The Balaban J connectivity index is 2.49. The van der Waals surface area contributed by atoms with E-state index in [1.807, 2.05) is 30.3 Å². The molecule has 0 saturated carbocycles. The van der Waals surface area contributed by atoms with Gasteiger partial charge in [0.15, 0.2) is 0 Å². The molecule has 0 aliphatic heterocycles. The standard InChI is InChI=1S/C22H31Cl3O4/c1-2-3-4-5-6-7-11-14-19(15-20(26)29-17-22(23,24)25)21(27)28-16-18-12-9-8-10-13-18/h8-10,12-13,19H,2-7,11,14-17H2,1H3/t19-/m1/s1. The highest BCUT2D eigenvalue weighted by atomic mass is 35.6. The molecule has 29 heavy (non-hydrogen) atoms. The molecule has 0 saturated heterocycles. The molecule has 7 heteroatoms. The number of esters is 2. The summed E-state index contributed by atoms with van der Waals surface area (Å²) in [6, 6.07) is 9.43. The summed E-state index contributed by atoms with van der Waals surface area (Å²) < 4.78 is 8.73. The topological polar surface area (TPSA) is 52.6 Å². The Hall–Kier alpha value is -0.970. The third-order valence-electron chi connectivity index (χ3n) is 4.52. The molecule has 4 nitrogen and oxygen atoms in total. The molecule has 1 aromatic rings. The van der Waals surface area contributed by atoms with Crippen molar-refractivity contribution in [3.8, 4) is 0 Å². The maximum absolute atomic E-state index is 12.6. The van der Waals surface area contributed by atoms with Gasteiger partial charge in [0, 0.05) is 0 Å². The van der Waals surface area contributed by atoms with E-state index in [2.05, 4.69) is 6.92 Å². The third kappa shape index (κ3) is 13.8. The first-order valence-corrected chi connectivity index (χ1v) is 11.4. The van der Waals surface area contributed by atoms with Gasteiger partial charge in [-0.05, 0) is 12.0 Å². The van der Waals surface area contributed by atoms with Crippen LogP contribution in [-0.2, 0) is 25.7 Å². The predicted octanol–water partition coefficient (Wildman–Crippen LogP) is 6.79. The van der Waals surface area contributed by atoms with E-state index in [1.54, 1.807) is 0 Å². The van der Waals surface area contributed by atoms with Crippen molar-refractivity contribution in [2.45, 2.75) is 75.1 Å². The molecule has 0 aliphatic rings. The van der Waals surface area contributed by atoms with Crippen LogP contribution in [0.25, 0.3) is 0 Å². The van der Waals surface area contributed by atoms with E-state index in [9.17, 15) is 9.59 Å². The van der Waals surface area contributed by atoms with Gasteiger partial charge in [-0.25, -0.2) is 0 Å². The van der Waals surface area contributed by atoms with E-state index in [1.165, 1.54) is 25.7 Å². The summed E-state index contributed by atoms with van der Waals surface area (Å²) in [6.45, 7) is 2.02. The van der Waals surface area contributed by atoms with Gasteiger partial charge >= 0.3 is 11.9 Å². The lowest BCUT2D eigenvalue weighted by Crippen LogP contribution is -2.24. The predicted molar refractivity (Wildman–Crippen MR) is 118 cm³/mol. The maximum Gasteiger partial charge on any atom is 0.309 e. The van der Waals surface area contributed by atoms with Crippen molar-refractivity contribution in [1.29, 1.82) is 0 Å². The van der Waals surface area contributed by atoms with Gasteiger partial charge in [-0.2, -0.15) is 0 Å². The lowest BCUT2D eigenvalue weighted by Gasteiger charge is -2.17. The highest BCUT2D eigenvalue weighted by Crippen LogP contribution is 2.26. The second-order valence-electron chi connectivity index (χ2n) is 7.18. The summed E-state index contributed by atoms with van der Waals surface area (Å²) >= 11 is 16.8. The van der Waals surface area contributed by atoms with Gasteiger partial charge in [-0.1, -0.05) is 117 Å². The molecule has 0 radical (unpaired) electrons. The average Bonchev–Trinajstić information content (AvgIpc) is 2.69. The molecule has 0 heterocycles. The zero-order valence-electron chi connectivity index (χ0n) is 17.0. The highest BCUT2D eigenvalue weighted by Gasteiger charge is 2.27. The molecule has 0 N–H and O–H groups in total. The molecule has 0 aromatic heterocycles. The van der Waals surface area contributed by atoms with Crippen LogP contribution in [0.3, 0.4) is 0 Å². The number of hydrogen-bond acceptors (Lipinski definition) is 4. The lowest BCUT2D eigenvalue weighted by atomic mass is 9.97. The molecule has 1 rings (SSSR count). The monoisotopic (exact) mass is 464 g/mol. The number of ether oxygens (including phenoxy) is 2. The minimum Gasteiger partial charge on any atom is -0.461 e. The Kier molecular flexibility index (Phi) is 13.4. The summed E-state index contributed by atoms with van der Waals surface area (Å²) in [4.78, 5) is 24.6. The first-order chi connectivity index (χ1) is 13.8. The van der Waals surface area contributed by atoms with Crippen molar-refractivity contribution in [3.63, 3.8) is 0 Å². The van der Waals surface area contributed by atoms with Gasteiger partial charge in [0.25, 0.3) is 0 Å². The van der Waals surface area contributed by atoms with E-state index < -0.39 is 21.6 Å². The largest absolute Gasteiger partial charge is 0.461 e. The van der Waals surface area contributed by atoms with Crippen molar-refractivity contribution in [2.75, 3.05) is 6.61 Å². The average molecular weight is 466 g/mol. The molecule has 1 aromatic carbocycles. The van der Waals surface area contributed by atoms with Crippen LogP contribution >= 0.6 is 34.8 Å². The van der Waals surface area contributed by atoms with E-state index in [0.29, 0.717) is 6.42 Å². The molecule has 0 amide bonds. The zero-order chi connectivity index (χ0) is 21.5. The number of alkyl halides is 3. The molecular weight excluding hydrogens is 435 g/mol. The first-order valence-electron chi connectivity index (χ1n) is 10.2. The first kappa shape index (κ1) is 26.1. The number of rotatable bonds is 14. The van der Waals surface area contributed by atoms with Crippen molar-refractivity contribution in [3.05, 3.63) is 35.9 Å². The summed E-state index contributed by atoms with van der Waals surface area (Å²) in [5, 5.41) is 0. The second kappa shape index (κ2) is 14.9. The van der Waals surface area contributed by atoms with E-state index in [4.69, 9.17) is 44.3 Å². The molecule has 0 bridgehead atoms. The summed E-state index contributed by atoms with van der Waals surface area (Å²) in [7, 11) is 0. The molecule has 0 spiro atoms. The fraction of sp³-hybridized carbons (Fsp3) is 0.636. The number of carbonyl (C=O) groups excluding carboxylic acids is 2. The van der Waals surface area contributed by atoms with Crippen LogP contribution in [-0.4, -0.2) is 22.3 Å². The maximum atomic E-state index is 12.6. The van der Waals surface area contributed by atoms with E-state index in [-0.39, 0.29) is 19.6 Å². The van der Waals surface area contributed by atoms with Gasteiger partial charge < -0.3 is 9.47 Å². The number of benzene rings is 1. The second-order valence-corrected chi connectivity index (χ2v) is 9.70. The normalized spacial score (nSPS) is 12.4. The van der Waals surface area contributed by atoms with Gasteiger partial charge in [0.2, 0.25) is 3.79 Å². The Morgan fingerprint density at radius 3 is 2.17 bits per heavy atom. The van der Waals surface area contributed by atoms with Crippen LogP contribution in [0.2, 0.25) is 0 Å². The van der Waals surface area contributed by atoms with Gasteiger partial charge in [0.05, 0.1) is 12.3 Å². The Bertz CT molecular complexity index is 587. The summed E-state index contributed by atoms with van der Waals surface area (Å²) in [6.07, 6.45) is 8.40. The molecular formula is C22H31Cl3O4. The smallest absolute Gasteiger partial charge is 0.309 e. The van der Waals surface area contributed by atoms with Crippen molar-refractivity contribution in [1.82, 2.24) is 0 Å². The Labute approximate surface area is 189 Å². The van der Waals surface area contributed by atoms with Crippen LogP contribution in [0, 0.1) is 5.92 Å². The highest BCUT2D eigenvalue weighted by molar-refractivity contribution is 6.67. The quantitative estimate of drug-likeness (QED) is 0.172. The molecule has 1 atom stereocenters. The molecule has 0 unspecified atom stereocenters. The van der Waals surface area contributed by atoms with Crippen LogP contribution in [0.4, 0.5) is 0 Å². The third-order valence-corrected chi connectivity index (χ3v) is 4.85. The summed E-state index contributed by atoms with van der Waals surface area (Å²) in [5.41, 5.74) is 0.898. The fourth-order valence-corrected chi connectivity index (χ4v) is 3.08. The summed E-state index contributed by atoms with van der Waals surface area (Å²) in [5.74, 6) is -1.52. The SMILES string of the molecule is CCCCCCCCC[C@H](CC(=O)OCC(Cl)(Cl)Cl)C(=O)OCc1ccccc1. The molecule has 0 fully saturated rings. The number of carbonyl (C=O) groups is 2. The Morgan fingerprint density at radius 1 is 0.931 bits per heavy atom. The van der Waals surface area contributed by atoms with Crippen LogP contribution in [0.5, 0.6) is 0 Å². The number of hydrogen-bond donors (Lipinski definition) is 0. The number of unbranched alkanes of at least 4 members (excludes halogenated alkanes) is 6. The molecule has 164 valence electrons. The lowest BCUT2D eigenvalue weighted by molar-refractivity contribution is -0.156. The van der Waals surface area contributed by atoms with Gasteiger partial charge in [-0.3, -0.25) is 9.59 Å². The number of halogens is 3. The van der Waals surface area contributed by atoms with Gasteiger partial charge in [-0.15, -0.1) is 0 Å².